The van der Waals surface area contributed by atoms with Crippen molar-refractivity contribution in [2.24, 2.45) is 0 Å². The van der Waals surface area contributed by atoms with Crippen LogP contribution in [-0.4, -0.2) is 31.1 Å². The van der Waals surface area contributed by atoms with Gasteiger partial charge in [0.2, 0.25) is 0 Å². The zero-order chi connectivity index (χ0) is 13.6. The van der Waals surface area contributed by atoms with Crippen molar-refractivity contribution < 1.29 is 27.8 Å². The molecule has 0 aliphatic heterocycles. The van der Waals surface area contributed by atoms with Gasteiger partial charge in [-0.2, -0.15) is 13.2 Å². The maximum absolute atomic E-state index is 11.8. The molecule has 0 radical (unpaired) electrons. The number of para-hydroxylation sites is 1. The Hall–Kier alpha value is -0.790. The van der Waals surface area contributed by atoms with Gasteiger partial charge < -0.3 is 14.6 Å². The van der Waals surface area contributed by atoms with E-state index < -0.39 is 12.8 Å². The summed E-state index contributed by atoms with van der Waals surface area (Å²) in [6, 6.07) is 5.10. The van der Waals surface area contributed by atoms with Crippen molar-refractivity contribution in [2.45, 2.75) is 12.8 Å². The minimum Gasteiger partial charge on any atom is -0.490 e. The molecule has 0 saturated carbocycles. The minimum atomic E-state index is -4.33. The number of halogens is 4. The molecule has 0 aromatic heterocycles. The summed E-state index contributed by atoms with van der Waals surface area (Å²) in [6.45, 7) is -1.70. The molecule has 1 N–H and O–H groups in total. The first-order valence-electron chi connectivity index (χ1n) is 5.09. The number of hydrogen-bond donors (Lipinski definition) is 1. The molecule has 1 rings (SSSR count). The third kappa shape index (κ3) is 5.24. The highest BCUT2D eigenvalue weighted by molar-refractivity contribution is 9.10. The highest BCUT2D eigenvalue weighted by Gasteiger charge is 2.27. The van der Waals surface area contributed by atoms with E-state index in [1.54, 1.807) is 18.2 Å². The van der Waals surface area contributed by atoms with Gasteiger partial charge in [0.15, 0.2) is 0 Å². The molecule has 0 unspecified atom stereocenters. The average Bonchev–Trinajstić information content (AvgIpc) is 2.29. The third-order valence-corrected chi connectivity index (χ3v) is 2.58. The van der Waals surface area contributed by atoms with E-state index in [0.29, 0.717) is 15.8 Å². The molecule has 1 aromatic rings. The summed E-state index contributed by atoms with van der Waals surface area (Å²) in [7, 11) is 0. The van der Waals surface area contributed by atoms with Crippen molar-refractivity contribution in [1.29, 1.82) is 0 Å². The lowest BCUT2D eigenvalue weighted by atomic mass is 10.2. The highest BCUT2D eigenvalue weighted by Crippen LogP contribution is 2.29. The van der Waals surface area contributed by atoms with Crippen LogP contribution >= 0.6 is 15.9 Å². The van der Waals surface area contributed by atoms with E-state index in [1.807, 2.05) is 0 Å². The smallest absolute Gasteiger partial charge is 0.411 e. The van der Waals surface area contributed by atoms with E-state index in [-0.39, 0.29) is 19.8 Å². The number of benzene rings is 1. The first-order chi connectivity index (χ1) is 8.44. The Balaban J connectivity index is 2.40. The van der Waals surface area contributed by atoms with Crippen LogP contribution in [0, 0.1) is 0 Å². The fraction of sp³-hybridized carbons (Fsp3) is 0.455. The molecule has 0 saturated heterocycles. The van der Waals surface area contributed by atoms with E-state index in [2.05, 4.69) is 20.7 Å². The number of ether oxygens (including phenoxy) is 2. The van der Waals surface area contributed by atoms with Gasteiger partial charge in [0.1, 0.15) is 19.0 Å². The van der Waals surface area contributed by atoms with Gasteiger partial charge in [-0.05, 0) is 22.0 Å². The summed E-state index contributed by atoms with van der Waals surface area (Å²) in [5, 5.41) is 9.07. The number of aliphatic hydroxyl groups excluding tert-OH is 1. The van der Waals surface area contributed by atoms with Gasteiger partial charge in [0.05, 0.1) is 17.7 Å². The highest BCUT2D eigenvalue weighted by atomic mass is 79.9. The van der Waals surface area contributed by atoms with Gasteiger partial charge in [0.25, 0.3) is 0 Å². The topological polar surface area (TPSA) is 38.7 Å². The molecule has 0 aliphatic rings. The lowest BCUT2D eigenvalue weighted by Gasteiger charge is -2.12. The average molecular weight is 329 g/mol. The molecule has 1 aromatic carbocycles. The number of hydrogen-bond acceptors (Lipinski definition) is 3. The standard InChI is InChI=1S/C11H12BrF3O3/c12-9-3-1-2-8(6-16)10(9)18-5-4-17-7-11(13,14)15/h1-3,16H,4-7H2. The second-order valence-corrected chi connectivity index (χ2v) is 4.26. The van der Waals surface area contributed by atoms with Crippen molar-refractivity contribution in [1.82, 2.24) is 0 Å². The second kappa shape index (κ2) is 6.96. The van der Waals surface area contributed by atoms with E-state index >= 15 is 0 Å². The van der Waals surface area contributed by atoms with Crippen LogP contribution in [0.1, 0.15) is 5.56 Å². The lowest BCUT2D eigenvalue weighted by Crippen LogP contribution is -2.19. The molecule has 0 heterocycles. The van der Waals surface area contributed by atoms with Gasteiger partial charge in [-0.25, -0.2) is 0 Å². The van der Waals surface area contributed by atoms with E-state index in [4.69, 9.17) is 9.84 Å². The first-order valence-corrected chi connectivity index (χ1v) is 5.89. The Bertz CT molecular complexity index is 382. The molecule has 0 fully saturated rings. The molecule has 0 amide bonds. The Kier molecular flexibility index (Phi) is 5.90. The monoisotopic (exact) mass is 328 g/mol. The Morgan fingerprint density at radius 1 is 1.22 bits per heavy atom. The fourth-order valence-corrected chi connectivity index (χ4v) is 1.75. The van der Waals surface area contributed by atoms with Crippen molar-refractivity contribution >= 4 is 15.9 Å². The van der Waals surface area contributed by atoms with Gasteiger partial charge in [-0.3, -0.25) is 0 Å². The molecule has 0 bridgehead atoms. The van der Waals surface area contributed by atoms with Crippen LogP contribution in [0.4, 0.5) is 13.2 Å². The zero-order valence-corrected chi connectivity index (χ0v) is 10.9. The maximum atomic E-state index is 11.8. The van der Waals surface area contributed by atoms with Gasteiger partial charge in [-0.15, -0.1) is 0 Å². The van der Waals surface area contributed by atoms with Crippen LogP contribution in [0.25, 0.3) is 0 Å². The van der Waals surface area contributed by atoms with E-state index in [9.17, 15) is 13.2 Å². The quantitative estimate of drug-likeness (QED) is 0.816. The maximum Gasteiger partial charge on any atom is 0.411 e. The van der Waals surface area contributed by atoms with Crippen molar-refractivity contribution in [3.8, 4) is 5.75 Å². The summed E-state index contributed by atoms with van der Waals surface area (Å²) in [5.41, 5.74) is 0.556. The predicted molar refractivity (Wildman–Crippen MR) is 62.4 cm³/mol. The summed E-state index contributed by atoms with van der Waals surface area (Å²) >= 11 is 3.23. The Morgan fingerprint density at radius 3 is 2.56 bits per heavy atom. The molecule has 102 valence electrons. The molecular weight excluding hydrogens is 317 g/mol. The summed E-state index contributed by atoms with van der Waals surface area (Å²) in [4.78, 5) is 0. The molecule has 18 heavy (non-hydrogen) atoms. The van der Waals surface area contributed by atoms with Crippen LogP contribution in [0.3, 0.4) is 0 Å². The molecular formula is C11H12BrF3O3. The minimum absolute atomic E-state index is 0.0221. The van der Waals surface area contributed by atoms with Crippen LogP contribution in [0.15, 0.2) is 22.7 Å². The Labute approximate surface area is 111 Å². The molecule has 0 atom stereocenters. The second-order valence-electron chi connectivity index (χ2n) is 3.40. The van der Waals surface area contributed by atoms with Crippen LogP contribution in [-0.2, 0) is 11.3 Å². The number of rotatable bonds is 6. The van der Waals surface area contributed by atoms with E-state index in [0.717, 1.165) is 0 Å². The number of aliphatic hydroxyl groups is 1. The third-order valence-electron chi connectivity index (χ3n) is 1.96. The summed E-state index contributed by atoms with van der Waals surface area (Å²) in [6.07, 6.45) is -4.33. The molecule has 3 nitrogen and oxygen atoms in total. The molecule has 7 heteroatoms. The SMILES string of the molecule is OCc1cccc(Br)c1OCCOCC(F)(F)F. The van der Waals surface area contributed by atoms with E-state index in [1.165, 1.54) is 0 Å². The largest absolute Gasteiger partial charge is 0.490 e. The van der Waals surface area contributed by atoms with Crippen LogP contribution in [0.5, 0.6) is 5.75 Å². The van der Waals surface area contributed by atoms with Crippen molar-refractivity contribution in [2.75, 3.05) is 19.8 Å². The molecule has 0 spiro atoms. The first kappa shape index (κ1) is 15.3. The molecule has 0 aliphatic carbocycles. The predicted octanol–water partition coefficient (Wildman–Crippen LogP) is 2.90. The summed E-state index contributed by atoms with van der Waals surface area (Å²) < 4.78 is 45.7. The van der Waals surface area contributed by atoms with Gasteiger partial charge in [0, 0.05) is 5.56 Å². The van der Waals surface area contributed by atoms with Gasteiger partial charge >= 0.3 is 6.18 Å². The van der Waals surface area contributed by atoms with Gasteiger partial charge in [-0.1, -0.05) is 12.1 Å². The number of alkyl halides is 3. The zero-order valence-electron chi connectivity index (χ0n) is 9.34. The van der Waals surface area contributed by atoms with Crippen LogP contribution < -0.4 is 4.74 Å². The normalized spacial score (nSPS) is 11.6. The Morgan fingerprint density at radius 2 is 1.94 bits per heavy atom. The lowest BCUT2D eigenvalue weighted by molar-refractivity contribution is -0.175. The van der Waals surface area contributed by atoms with Crippen molar-refractivity contribution in [3.05, 3.63) is 28.2 Å². The fourth-order valence-electron chi connectivity index (χ4n) is 1.23. The van der Waals surface area contributed by atoms with Crippen molar-refractivity contribution in [3.63, 3.8) is 0 Å². The van der Waals surface area contributed by atoms with Crippen LogP contribution in [0.2, 0.25) is 0 Å². The summed E-state index contributed by atoms with van der Waals surface area (Å²) in [5.74, 6) is 0.413.